The quantitative estimate of drug-likeness (QED) is 0.847. The van der Waals surface area contributed by atoms with Crippen LogP contribution in [-0.2, 0) is 0 Å². The number of nitrogens with zero attached hydrogens (tertiary/aromatic N) is 3. The fourth-order valence-corrected chi connectivity index (χ4v) is 2.48. The standard InChI is InChI=1S/C12H22N4S/c1-8(2)11-14-12(17-15-11)13-7-9(3)16(4)10-5-6-10/h8-10H,5-7H2,1-4H3,(H,13,14,15). The largest absolute Gasteiger partial charge is 0.359 e. The number of hydrogen-bond acceptors (Lipinski definition) is 5. The summed E-state index contributed by atoms with van der Waals surface area (Å²) in [6, 6.07) is 1.36. The van der Waals surface area contributed by atoms with Gasteiger partial charge in [0, 0.05) is 36.1 Å². The number of hydrogen-bond donors (Lipinski definition) is 1. The molecule has 2 rings (SSSR count). The summed E-state index contributed by atoms with van der Waals surface area (Å²) in [5, 5.41) is 4.34. The van der Waals surface area contributed by atoms with Gasteiger partial charge in [-0.2, -0.15) is 4.37 Å². The molecule has 1 fully saturated rings. The van der Waals surface area contributed by atoms with Crippen molar-refractivity contribution in [1.82, 2.24) is 14.3 Å². The lowest BCUT2D eigenvalue weighted by Crippen LogP contribution is -2.36. The van der Waals surface area contributed by atoms with Crippen LogP contribution in [0.4, 0.5) is 5.13 Å². The van der Waals surface area contributed by atoms with Gasteiger partial charge in [-0.1, -0.05) is 13.8 Å². The second-order valence-electron chi connectivity index (χ2n) is 5.24. The maximum absolute atomic E-state index is 4.48. The second kappa shape index (κ2) is 5.31. The first kappa shape index (κ1) is 12.8. The number of likely N-dealkylation sites (N-methyl/N-ethyl adjacent to an activating group) is 1. The topological polar surface area (TPSA) is 41.1 Å². The highest BCUT2D eigenvalue weighted by Crippen LogP contribution is 2.27. The van der Waals surface area contributed by atoms with Gasteiger partial charge in [-0.05, 0) is 26.8 Å². The average Bonchev–Trinajstić information content (AvgIpc) is 3.03. The molecule has 0 spiro atoms. The van der Waals surface area contributed by atoms with Crippen molar-refractivity contribution in [2.24, 2.45) is 0 Å². The van der Waals surface area contributed by atoms with Crippen LogP contribution in [0, 0.1) is 0 Å². The van der Waals surface area contributed by atoms with Crippen molar-refractivity contribution >= 4 is 16.7 Å². The Bertz CT molecular complexity index is 359. The van der Waals surface area contributed by atoms with Crippen LogP contribution in [0.3, 0.4) is 0 Å². The van der Waals surface area contributed by atoms with E-state index in [-0.39, 0.29) is 0 Å². The van der Waals surface area contributed by atoms with Crippen molar-refractivity contribution in [3.63, 3.8) is 0 Å². The van der Waals surface area contributed by atoms with Gasteiger partial charge in [-0.25, -0.2) is 4.98 Å². The first-order valence-electron chi connectivity index (χ1n) is 6.37. The third-order valence-corrected chi connectivity index (χ3v) is 4.01. The molecule has 1 aliphatic rings. The molecule has 4 nitrogen and oxygen atoms in total. The first-order chi connectivity index (χ1) is 8.08. The Balaban J connectivity index is 1.80. The summed E-state index contributed by atoms with van der Waals surface area (Å²) in [6.07, 6.45) is 2.72. The summed E-state index contributed by atoms with van der Waals surface area (Å²) in [7, 11) is 2.21. The molecule has 1 atom stereocenters. The van der Waals surface area contributed by atoms with Crippen molar-refractivity contribution in [3.05, 3.63) is 5.82 Å². The molecule has 1 aliphatic carbocycles. The van der Waals surface area contributed by atoms with E-state index in [2.05, 4.69) is 47.4 Å². The highest BCUT2D eigenvalue weighted by molar-refractivity contribution is 7.09. The zero-order chi connectivity index (χ0) is 12.4. The lowest BCUT2D eigenvalue weighted by molar-refractivity contribution is 0.257. The van der Waals surface area contributed by atoms with Crippen LogP contribution in [0.2, 0.25) is 0 Å². The minimum absolute atomic E-state index is 0.411. The van der Waals surface area contributed by atoms with Crippen molar-refractivity contribution in [2.75, 3.05) is 18.9 Å². The van der Waals surface area contributed by atoms with E-state index in [0.717, 1.165) is 23.5 Å². The maximum Gasteiger partial charge on any atom is 0.202 e. The lowest BCUT2D eigenvalue weighted by atomic mass is 10.2. The number of aromatic nitrogens is 2. The van der Waals surface area contributed by atoms with Crippen molar-refractivity contribution in [1.29, 1.82) is 0 Å². The molecular formula is C12H22N4S. The van der Waals surface area contributed by atoms with E-state index in [0.29, 0.717) is 12.0 Å². The Labute approximate surface area is 108 Å². The normalized spacial score (nSPS) is 17.8. The lowest BCUT2D eigenvalue weighted by Gasteiger charge is -2.24. The molecule has 17 heavy (non-hydrogen) atoms. The third kappa shape index (κ3) is 3.39. The molecule has 1 aromatic rings. The van der Waals surface area contributed by atoms with E-state index in [1.807, 2.05) is 0 Å². The Morgan fingerprint density at radius 2 is 2.12 bits per heavy atom. The molecule has 0 aromatic carbocycles. The molecule has 0 amide bonds. The molecule has 1 aromatic heterocycles. The fourth-order valence-electron chi connectivity index (χ4n) is 1.76. The van der Waals surface area contributed by atoms with E-state index < -0.39 is 0 Å². The van der Waals surface area contributed by atoms with Crippen LogP contribution in [0.15, 0.2) is 0 Å². The third-order valence-electron chi connectivity index (χ3n) is 3.32. The molecule has 1 saturated carbocycles. The predicted molar refractivity (Wildman–Crippen MR) is 72.7 cm³/mol. The first-order valence-corrected chi connectivity index (χ1v) is 7.14. The summed E-state index contributed by atoms with van der Waals surface area (Å²) in [6.45, 7) is 7.44. The van der Waals surface area contributed by atoms with Gasteiger partial charge in [0.15, 0.2) is 0 Å². The van der Waals surface area contributed by atoms with Gasteiger partial charge in [-0.3, -0.25) is 4.90 Å². The number of anilines is 1. The predicted octanol–water partition coefficient (Wildman–Crippen LogP) is 2.56. The Morgan fingerprint density at radius 3 is 2.65 bits per heavy atom. The van der Waals surface area contributed by atoms with Gasteiger partial charge in [0.2, 0.25) is 5.13 Å². The summed E-state index contributed by atoms with van der Waals surface area (Å²) >= 11 is 1.46. The van der Waals surface area contributed by atoms with Crippen LogP contribution in [0.1, 0.15) is 45.4 Å². The molecule has 5 heteroatoms. The zero-order valence-corrected chi connectivity index (χ0v) is 11.9. The summed E-state index contributed by atoms with van der Waals surface area (Å²) in [5.41, 5.74) is 0. The van der Waals surface area contributed by atoms with Crippen molar-refractivity contribution in [3.8, 4) is 0 Å². The fraction of sp³-hybridized carbons (Fsp3) is 0.833. The van der Waals surface area contributed by atoms with Crippen LogP contribution in [-0.4, -0.2) is 39.9 Å². The highest BCUT2D eigenvalue weighted by Gasteiger charge is 2.28. The Morgan fingerprint density at radius 1 is 1.41 bits per heavy atom. The van der Waals surface area contributed by atoms with E-state index in [4.69, 9.17) is 0 Å². The number of rotatable bonds is 6. The zero-order valence-electron chi connectivity index (χ0n) is 11.1. The number of nitrogens with one attached hydrogen (secondary N) is 1. The smallest absolute Gasteiger partial charge is 0.202 e. The van der Waals surface area contributed by atoms with E-state index in [1.165, 1.54) is 24.4 Å². The maximum atomic E-state index is 4.48. The van der Waals surface area contributed by atoms with Gasteiger partial charge < -0.3 is 5.32 Å². The van der Waals surface area contributed by atoms with Gasteiger partial charge >= 0.3 is 0 Å². The van der Waals surface area contributed by atoms with Crippen LogP contribution in [0.5, 0.6) is 0 Å². The van der Waals surface area contributed by atoms with Gasteiger partial charge in [-0.15, -0.1) is 0 Å². The summed E-state index contributed by atoms with van der Waals surface area (Å²) in [4.78, 5) is 6.94. The van der Waals surface area contributed by atoms with Crippen LogP contribution >= 0.6 is 11.5 Å². The molecule has 96 valence electrons. The molecular weight excluding hydrogens is 232 g/mol. The molecule has 0 bridgehead atoms. The highest BCUT2D eigenvalue weighted by atomic mass is 32.1. The van der Waals surface area contributed by atoms with Crippen LogP contribution in [0.25, 0.3) is 0 Å². The van der Waals surface area contributed by atoms with Crippen molar-refractivity contribution < 1.29 is 0 Å². The van der Waals surface area contributed by atoms with Gasteiger partial charge in [0.05, 0.1) is 0 Å². The molecule has 0 aliphatic heterocycles. The molecule has 0 saturated heterocycles. The minimum atomic E-state index is 0.411. The molecule has 1 unspecified atom stereocenters. The van der Waals surface area contributed by atoms with Gasteiger partial charge in [0.1, 0.15) is 5.82 Å². The monoisotopic (exact) mass is 254 g/mol. The van der Waals surface area contributed by atoms with Crippen LogP contribution < -0.4 is 5.32 Å². The van der Waals surface area contributed by atoms with E-state index in [9.17, 15) is 0 Å². The summed E-state index contributed by atoms with van der Waals surface area (Å²) < 4.78 is 4.34. The van der Waals surface area contributed by atoms with Gasteiger partial charge in [0.25, 0.3) is 0 Å². The minimum Gasteiger partial charge on any atom is -0.359 e. The molecule has 0 radical (unpaired) electrons. The Hall–Kier alpha value is -0.680. The van der Waals surface area contributed by atoms with Crippen molar-refractivity contribution in [2.45, 2.75) is 51.6 Å². The Kier molecular flexibility index (Phi) is 3.99. The second-order valence-corrected chi connectivity index (χ2v) is 5.99. The molecule has 1 heterocycles. The van der Waals surface area contributed by atoms with E-state index >= 15 is 0 Å². The average molecular weight is 254 g/mol. The van der Waals surface area contributed by atoms with E-state index in [1.54, 1.807) is 0 Å². The summed E-state index contributed by atoms with van der Waals surface area (Å²) in [5.74, 6) is 1.36. The molecule has 1 N–H and O–H groups in total. The SMILES string of the molecule is CC(C)c1nsc(NCC(C)N(C)C2CC2)n1.